The highest BCUT2D eigenvalue weighted by Crippen LogP contribution is 2.44. The summed E-state index contributed by atoms with van der Waals surface area (Å²) >= 11 is 11.3. The van der Waals surface area contributed by atoms with Gasteiger partial charge in [-0.25, -0.2) is 10.2 Å². The highest BCUT2D eigenvalue weighted by atomic mass is 35.5. The number of nitrogens with zero attached hydrogens (tertiary/aromatic N) is 3. The van der Waals surface area contributed by atoms with E-state index in [1.165, 1.54) is 22.9 Å². The first-order valence-electron chi connectivity index (χ1n) is 7.03. The molecule has 0 spiro atoms. The van der Waals surface area contributed by atoms with E-state index >= 15 is 0 Å². The maximum atomic E-state index is 12.5. The van der Waals surface area contributed by atoms with Crippen molar-refractivity contribution in [1.82, 2.24) is 4.67 Å². The minimum Gasteiger partial charge on any atom is -0.479 e. The van der Waals surface area contributed by atoms with Gasteiger partial charge < -0.3 is 9.26 Å². The van der Waals surface area contributed by atoms with Gasteiger partial charge in [0.2, 0.25) is 0 Å². The third kappa shape index (κ3) is 6.78. The lowest BCUT2D eigenvalue weighted by Gasteiger charge is -2.26. The summed E-state index contributed by atoms with van der Waals surface area (Å²) in [5.74, 6) is 0.578. The van der Waals surface area contributed by atoms with E-state index in [1.54, 1.807) is 6.07 Å². The Hall–Kier alpha value is -1.40. The Kier molecular flexibility index (Phi) is 9.14. The van der Waals surface area contributed by atoms with E-state index in [0.29, 0.717) is 0 Å². The second-order valence-corrected chi connectivity index (χ2v) is 7.37. The van der Waals surface area contributed by atoms with Crippen molar-refractivity contribution in [2.75, 3.05) is 31.5 Å². The number of alkyl halides is 2. The number of ether oxygens (including phenoxy) is 1. The minimum atomic E-state index is -3.74. The molecule has 0 radical (unpaired) electrons. The molecule has 1 rings (SSSR count). The summed E-state index contributed by atoms with van der Waals surface area (Å²) in [5.41, 5.74) is 5.59. The molecule has 0 aromatic heterocycles. The summed E-state index contributed by atoms with van der Waals surface area (Å²) in [6.07, 6.45) is 0. The summed E-state index contributed by atoms with van der Waals surface area (Å²) < 4.78 is 24.2. The fourth-order valence-corrected chi connectivity index (χ4v) is 3.78. The zero-order valence-corrected chi connectivity index (χ0v) is 15.5. The van der Waals surface area contributed by atoms with Gasteiger partial charge in [0.25, 0.3) is 5.69 Å². The van der Waals surface area contributed by atoms with Gasteiger partial charge >= 0.3 is 7.67 Å². The van der Waals surface area contributed by atoms with Crippen molar-refractivity contribution in [3.63, 3.8) is 0 Å². The Morgan fingerprint density at radius 3 is 2.52 bits per heavy atom. The summed E-state index contributed by atoms with van der Waals surface area (Å²) in [5, 5.41) is 19.6. The summed E-state index contributed by atoms with van der Waals surface area (Å²) in [6, 6.07) is 5.69. The Balaban J connectivity index is 2.97. The molecular formula is C13H17Cl2N4O5P. The van der Waals surface area contributed by atoms with Crippen LogP contribution in [-0.4, -0.2) is 41.1 Å². The third-order valence-electron chi connectivity index (χ3n) is 3.04. The van der Waals surface area contributed by atoms with Crippen LogP contribution in [0, 0.1) is 21.4 Å². The van der Waals surface area contributed by atoms with Gasteiger partial charge in [-0.3, -0.25) is 14.7 Å². The van der Waals surface area contributed by atoms with Crippen molar-refractivity contribution in [3.8, 4) is 11.8 Å². The molecular weight excluding hydrogens is 394 g/mol. The standard InChI is InChI=1S/C13H17Cl2N4O5P/c14-3-6-18(7-4-15)25(17,22)24-10-11-9-12(23-8-5-16)1-2-13(11)19(20)21/h1-2,9H,3-4,6-8,10H2,(H2,17,22). The van der Waals surface area contributed by atoms with Crippen molar-refractivity contribution >= 4 is 36.6 Å². The van der Waals surface area contributed by atoms with Crippen molar-refractivity contribution in [1.29, 1.82) is 5.26 Å². The molecule has 0 bridgehead atoms. The van der Waals surface area contributed by atoms with E-state index in [1.807, 2.05) is 0 Å². The van der Waals surface area contributed by atoms with Crippen LogP contribution in [-0.2, 0) is 15.7 Å². The van der Waals surface area contributed by atoms with Gasteiger partial charge in [0.05, 0.1) is 17.1 Å². The van der Waals surface area contributed by atoms with Crippen LogP contribution in [0.15, 0.2) is 18.2 Å². The number of benzene rings is 1. The maximum absolute atomic E-state index is 12.5. The molecule has 2 N–H and O–H groups in total. The highest BCUT2D eigenvalue weighted by molar-refractivity contribution is 7.53. The number of rotatable bonds is 11. The molecule has 9 nitrogen and oxygen atoms in total. The molecule has 0 heterocycles. The predicted molar refractivity (Wildman–Crippen MR) is 93.8 cm³/mol. The zero-order chi connectivity index (χ0) is 18.9. The molecule has 0 saturated carbocycles. The minimum absolute atomic E-state index is 0.114. The van der Waals surface area contributed by atoms with Crippen LogP contribution in [0.3, 0.4) is 0 Å². The van der Waals surface area contributed by atoms with Crippen LogP contribution >= 0.6 is 30.9 Å². The smallest absolute Gasteiger partial charge is 0.341 e. The van der Waals surface area contributed by atoms with Crippen LogP contribution in [0.4, 0.5) is 5.69 Å². The first-order valence-corrected chi connectivity index (χ1v) is 9.75. The molecule has 0 aliphatic heterocycles. The Morgan fingerprint density at radius 1 is 1.36 bits per heavy atom. The first-order chi connectivity index (χ1) is 11.9. The number of nitrogens with two attached hydrogens (primary N) is 1. The van der Waals surface area contributed by atoms with Crippen molar-refractivity contribution in [2.24, 2.45) is 5.50 Å². The lowest BCUT2D eigenvalue weighted by Crippen LogP contribution is -2.29. The summed E-state index contributed by atoms with van der Waals surface area (Å²) in [7, 11) is -3.74. The number of nitro benzene ring substituents is 1. The van der Waals surface area contributed by atoms with Gasteiger partial charge in [0.15, 0.2) is 6.61 Å². The van der Waals surface area contributed by atoms with Gasteiger partial charge in [-0.2, -0.15) is 5.26 Å². The fraction of sp³-hybridized carbons (Fsp3) is 0.462. The van der Waals surface area contributed by atoms with E-state index in [4.69, 9.17) is 43.2 Å². The molecule has 0 aliphatic rings. The van der Waals surface area contributed by atoms with E-state index in [2.05, 4.69) is 0 Å². The summed E-state index contributed by atoms with van der Waals surface area (Å²) in [4.78, 5) is 10.5. The van der Waals surface area contributed by atoms with Crippen molar-refractivity contribution in [2.45, 2.75) is 6.61 Å². The topological polar surface area (TPSA) is 132 Å². The van der Waals surface area contributed by atoms with Crippen LogP contribution in [0.5, 0.6) is 5.75 Å². The largest absolute Gasteiger partial charge is 0.479 e. The average molecular weight is 411 g/mol. The second kappa shape index (κ2) is 10.6. The van der Waals surface area contributed by atoms with Crippen LogP contribution < -0.4 is 10.2 Å². The average Bonchev–Trinajstić information content (AvgIpc) is 2.57. The molecule has 138 valence electrons. The van der Waals surface area contributed by atoms with Gasteiger partial charge in [0, 0.05) is 30.9 Å². The second-order valence-electron chi connectivity index (χ2n) is 4.66. The van der Waals surface area contributed by atoms with Crippen LogP contribution in [0.25, 0.3) is 0 Å². The number of nitriles is 1. The van der Waals surface area contributed by atoms with E-state index in [0.717, 1.165) is 0 Å². The van der Waals surface area contributed by atoms with Crippen LogP contribution in [0.1, 0.15) is 5.56 Å². The number of hydrogen-bond acceptors (Lipinski definition) is 6. The molecule has 1 aromatic rings. The van der Waals surface area contributed by atoms with Crippen molar-refractivity contribution < 1.29 is 18.7 Å². The molecule has 0 amide bonds. The number of hydrogen-bond donors (Lipinski definition) is 1. The lowest BCUT2D eigenvalue weighted by molar-refractivity contribution is -0.385. The van der Waals surface area contributed by atoms with Crippen LogP contribution in [0.2, 0.25) is 0 Å². The molecule has 12 heteroatoms. The normalized spacial score (nSPS) is 13.2. The van der Waals surface area contributed by atoms with Gasteiger partial charge in [-0.1, -0.05) is 0 Å². The number of nitro groups is 1. The molecule has 25 heavy (non-hydrogen) atoms. The molecule has 1 aromatic carbocycles. The monoisotopic (exact) mass is 410 g/mol. The maximum Gasteiger partial charge on any atom is 0.341 e. The Labute approximate surface area is 154 Å². The zero-order valence-electron chi connectivity index (χ0n) is 13.1. The fourth-order valence-electron chi connectivity index (χ4n) is 1.89. The van der Waals surface area contributed by atoms with E-state index < -0.39 is 12.6 Å². The van der Waals surface area contributed by atoms with E-state index in [9.17, 15) is 14.7 Å². The molecule has 0 fully saturated rings. The highest BCUT2D eigenvalue weighted by Gasteiger charge is 2.28. The molecule has 0 aliphatic carbocycles. The predicted octanol–water partition coefficient (Wildman–Crippen LogP) is 2.86. The third-order valence-corrected chi connectivity index (χ3v) is 5.06. The van der Waals surface area contributed by atoms with Gasteiger partial charge in [-0.15, -0.1) is 23.2 Å². The Morgan fingerprint density at radius 2 is 2.00 bits per heavy atom. The first kappa shape index (κ1) is 21.6. The molecule has 1 unspecified atom stereocenters. The van der Waals surface area contributed by atoms with Gasteiger partial charge in [0.1, 0.15) is 11.8 Å². The lowest BCUT2D eigenvalue weighted by atomic mass is 10.2. The molecule has 0 saturated heterocycles. The summed E-state index contributed by atoms with van der Waals surface area (Å²) in [6.45, 7) is -0.216. The Bertz CT molecular complexity index is 679. The van der Waals surface area contributed by atoms with E-state index in [-0.39, 0.29) is 55.1 Å². The molecule has 1 atom stereocenters. The van der Waals surface area contributed by atoms with Gasteiger partial charge in [-0.05, 0) is 12.1 Å². The van der Waals surface area contributed by atoms with Crippen molar-refractivity contribution in [3.05, 3.63) is 33.9 Å². The number of halogens is 2. The SMILES string of the molecule is N#CCOc1ccc([N+](=O)[O-])c(COP(N)(=O)N(CCCl)CCCl)c1. The quantitative estimate of drug-likeness (QED) is 0.255.